The molecule has 1 aromatic carbocycles. The van der Waals surface area contributed by atoms with Crippen molar-refractivity contribution in [3.05, 3.63) is 23.8 Å². The first-order valence-electron chi connectivity index (χ1n) is 7.47. The SMILES string of the molecule is CCC(C)N1CCN(S(=O)(=O)c2c(C)cccc2N)CC1. The molecule has 0 radical (unpaired) electrons. The Morgan fingerprint density at radius 1 is 1.24 bits per heavy atom. The van der Waals surface area contributed by atoms with Crippen LogP contribution < -0.4 is 5.73 Å². The van der Waals surface area contributed by atoms with Crippen molar-refractivity contribution in [1.29, 1.82) is 0 Å². The third-order valence-corrected chi connectivity index (χ3v) is 6.45. The van der Waals surface area contributed by atoms with Crippen LogP contribution in [-0.2, 0) is 10.0 Å². The van der Waals surface area contributed by atoms with Crippen molar-refractivity contribution in [2.24, 2.45) is 0 Å². The fraction of sp³-hybridized carbons (Fsp3) is 0.600. The van der Waals surface area contributed by atoms with Crippen LogP contribution in [0.5, 0.6) is 0 Å². The number of nitrogen functional groups attached to an aromatic ring is 1. The van der Waals surface area contributed by atoms with Crippen LogP contribution in [0.25, 0.3) is 0 Å². The molecule has 1 unspecified atom stereocenters. The van der Waals surface area contributed by atoms with E-state index in [-0.39, 0.29) is 4.90 Å². The van der Waals surface area contributed by atoms with Gasteiger partial charge in [-0.25, -0.2) is 8.42 Å². The monoisotopic (exact) mass is 311 g/mol. The molecule has 0 aromatic heterocycles. The minimum atomic E-state index is -3.50. The molecule has 0 bridgehead atoms. The maximum Gasteiger partial charge on any atom is 0.245 e. The Balaban J connectivity index is 2.19. The van der Waals surface area contributed by atoms with Gasteiger partial charge in [0.2, 0.25) is 10.0 Å². The standard InChI is InChI=1S/C15H25N3O2S/c1-4-13(3)17-8-10-18(11-9-17)21(19,20)15-12(2)6-5-7-14(15)16/h5-7,13H,4,8-11,16H2,1-3H3. The van der Waals surface area contributed by atoms with Gasteiger partial charge in [0.05, 0.1) is 5.69 Å². The predicted molar refractivity (Wildman–Crippen MR) is 85.7 cm³/mol. The van der Waals surface area contributed by atoms with Gasteiger partial charge in [0.15, 0.2) is 0 Å². The van der Waals surface area contributed by atoms with E-state index in [1.54, 1.807) is 29.4 Å². The molecule has 2 N–H and O–H groups in total. The van der Waals surface area contributed by atoms with Gasteiger partial charge in [0.1, 0.15) is 4.90 Å². The van der Waals surface area contributed by atoms with Crippen molar-refractivity contribution in [2.75, 3.05) is 31.9 Å². The first-order valence-corrected chi connectivity index (χ1v) is 8.91. The van der Waals surface area contributed by atoms with E-state index in [1.165, 1.54) is 0 Å². The highest BCUT2D eigenvalue weighted by Gasteiger charge is 2.31. The van der Waals surface area contributed by atoms with Crippen LogP contribution in [0.2, 0.25) is 0 Å². The summed E-state index contributed by atoms with van der Waals surface area (Å²) in [7, 11) is -3.50. The summed E-state index contributed by atoms with van der Waals surface area (Å²) >= 11 is 0. The van der Waals surface area contributed by atoms with E-state index in [0.717, 1.165) is 19.5 Å². The van der Waals surface area contributed by atoms with E-state index in [9.17, 15) is 8.42 Å². The van der Waals surface area contributed by atoms with Gasteiger partial charge in [0, 0.05) is 32.2 Å². The number of hydrogen-bond donors (Lipinski definition) is 1. The number of benzene rings is 1. The van der Waals surface area contributed by atoms with Crippen molar-refractivity contribution in [2.45, 2.75) is 38.1 Å². The Morgan fingerprint density at radius 2 is 1.86 bits per heavy atom. The molecule has 5 nitrogen and oxygen atoms in total. The van der Waals surface area contributed by atoms with Gasteiger partial charge in [0.25, 0.3) is 0 Å². The number of nitrogens with zero attached hydrogens (tertiary/aromatic N) is 2. The number of anilines is 1. The molecule has 6 heteroatoms. The molecule has 1 heterocycles. The molecule has 0 saturated carbocycles. The second kappa shape index (κ2) is 6.34. The summed E-state index contributed by atoms with van der Waals surface area (Å²) < 4.78 is 27.2. The van der Waals surface area contributed by atoms with E-state index < -0.39 is 10.0 Å². The van der Waals surface area contributed by atoms with E-state index in [4.69, 9.17) is 5.73 Å². The summed E-state index contributed by atoms with van der Waals surface area (Å²) in [5.41, 5.74) is 6.94. The first-order chi connectivity index (χ1) is 9.87. The molecule has 118 valence electrons. The van der Waals surface area contributed by atoms with Gasteiger partial charge in [-0.05, 0) is 31.9 Å². The third kappa shape index (κ3) is 3.22. The summed E-state index contributed by atoms with van der Waals surface area (Å²) in [6.45, 7) is 8.74. The highest BCUT2D eigenvalue weighted by molar-refractivity contribution is 7.89. The topological polar surface area (TPSA) is 66.6 Å². The summed E-state index contributed by atoms with van der Waals surface area (Å²) in [5.74, 6) is 0. The zero-order valence-electron chi connectivity index (χ0n) is 13.0. The molecule has 1 saturated heterocycles. The van der Waals surface area contributed by atoms with Gasteiger partial charge >= 0.3 is 0 Å². The average Bonchev–Trinajstić information content (AvgIpc) is 2.46. The molecule has 2 rings (SSSR count). The Morgan fingerprint density at radius 3 is 2.38 bits per heavy atom. The summed E-state index contributed by atoms with van der Waals surface area (Å²) in [4.78, 5) is 2.61. The molecule has 0 aliphatic carbocycles. The van der Waals surface area contributed by atoms with E-state index >= 15 is 0 Å². The normalized spacial score (nSPS) is 19.6. The minimum Gasteiger partial charge on any atom is -0.398 e. The molecule has 1 aromatic rings. The minimum absolute atomic E-state index is 0.266. The van der Waals surface area contributed by atoms with Gasteiger partial charge < -0.3 is 5.73 Å². The van der Waals surface area contributed by atoms with Gasteiger partial charge in [-0.2, -0.15) is 4.31 Å². The van der Waals surface area contributed by atoms with Crippen LogP contribution in [0.1, 0.15) is 25.8 Å². The molecule has 0 spiro atoms. The second-order valence-corrected chi connectivity index (χ2v) is 7.57. The van der Waals surface area contributed by atoms with Crippen LogP contribution in [-0.4, -0.2) is 49.8 Å². The maximum absolute atomic E-state index is 12.8. The lowest BCUT2D eigenvalue weighted by molar-refractivity contribution is 0.142. The number of piperazine rings is 1. The molecule has 0 amide bonds. The first kappa shape index (κ1) is 16.3. The lowest BCUT2D eigenvalue weighted by atomic mass is 10.2. The van der Waals surface area contributed by atoms with Crippen LogP contribution in [0.4, 0.5) is 5.69 Å². The van der Waals surface area contributed by atoms with Crippen molar-refractivity contribution < 1.29 is 8.42 Å². The molecule has 1 aliphatic heterocycles. The number of aryl methyl sites for hydroxylation is 1. The van der Waals surface area contributed by atoms with Crippen molar-refractivity contribution >= 4 is 15.7 Å². The zero-order chi connectivity index (χ0) is 15.6. The van der Waals surface area contributed by atoms with E-state index in [1.807, 2.05) is 0 Å². The Bertz CT molecular complexity index is 573. The number of hydrogen-bond acceptors (Lipinski definition) is 4. The maximum atomic E-state index is 12.8. The largest absolute Gasteiger partial charge is 0.398 e. The molecule has 1 aliphatic rings. The Labute approximate surface area is 127 Å². The third-order valence-electron chi connectivity index (χ3n) is 4.33. The van der Waals surface area contributed by atoms with Crippen molar-refractivity contribution in [1.82, 2.24) is 9.21 Å². The highest BCUT2D eigenvalue weighted by Crippen LogP contribution is 2.26. The fourth-order valence-electron chi connectivity index (χ4n) is 2.80. The highest BCUT2D eigenvalue weighted by atomic mass is 32.2. The fourth-order valence-corrected chi connectivity index (χ4v) is 4.54. The molecule has 1 fully saturated rings. The van der Waals surface area contributed by atoms with Crippen LogP contribution in [0.3, 0.4) is 0 Å². The quantitative estimate of drug-likeness (QED) is 0.859. The van der Waals surface area contributed by atoms with Crippen LogP contribution in [0.15, 0.2) is 23.1 Å². The smallest absolute Gasteiger partial charge is 0.245 e. The Kier molecular flexibility index (Phi) is 4.91. The number of nitrogens with two attached hydrogens (primary N) is 1. The molecule has 1 atom stereocenters. The lowest BCUT2D eigenvalue weighted by Gasteiger charge is -2.37. The van der Waals surface area contributed by atoms with Crippen LogP contribution >= 0.6 is 0 Å². The van der Waals surface area contributed by atoms with E-state index in [0.29, 0.717) is 30.4 Å². The van der Waals surface area contributed by atoms with Gasteiger partial charge in [-0.15, -0.1) is 0 Å². The second-order valence-electron chi connectivity index (χ2n) is 5.69. The number of sulfonamides is 1. The molecular weight excluding hydrogens is 286 g/mol. The van der Waals surface area contributed by atoms with Crippen molar-refractivity contribution in [3.8, 4) is 0 Å². The van der Waals surface area contributed by atoms with Gasteiger partial charge in [-0.3, -0.25) is 4.90 Å². The molecular formula is C15H25N3O2S. The predicted octanol–water partition coefficient (Wildman–Crippen LogP) is 1.68. The molecule has 21 heavy (non-hydrogen) atoms. The lowest BCUT2D eigenvalue weighted by Crippen LogP contribution is -2.51. The van der Waals surface area contributed by atoms with E-state index in [2.05, 4.69) is 18.7 Å². The summed E-state index contributed by atoms with van der Waals surface area (Å²) in [6, 6.07) is 5.72. The summed E-state index contributed by atoms with van der Waals surface area (Å²) in [5, 5.41) is 0. The van der Waals surface area contributed by atoms with Crippen molar-refractivity contribution in [3.63, 3.8) is 0 Å². The summed E-state index contributed by atoms with van der Waals surface area (Å²) in [6.07, 6.45) is 1.08. The Hall–Kier alpha value is -1.11. The van der Waals surface area contributed by atoms with Crippen LogP contribution in [0, 0.1) is 6.92 Å². The van der Waals surface area contributed by atoms with Gasteiger partial charge in [-0.1, -0.05) is 19.1 Å². The average molecular weight is 311 g/mol. The number of rotatable bonds is 4. The zero-order valence-corrected chi connectivity index (χ0v) is 13.9.